The number of hydrogen-bond donors (Lipinski definition) is 0. The summed E-state index contributed by atoms with van der Waals surface area (Å²) in [4.78, 5) is 11.1. The first-order chi connectivity index (χ1) is 27.8. The van der Waals surface area contributed by atoms with E-state index < -0.39 is 8.07 Å². The Morgan fingerprint density at radius 2 is 0.857 bits per heavy atom. The Labute approximate surface area is 328 Å². The lowest BCUT2D eigenvalue weighted by Crippen LogP contribution is -2.74. The van der Waals surface area contributed by atoms with Gasteiger partial charge in [0.1, 0.15) is 5.92 Å². The molecule has 0 bridgehead atoms. The maximum Gasteiger partial charge on any atom is 0.215 e. The van der Waals surface area contributed by atoms with E-state index in [0.717, 1.165) is 33.6 Å². The molecule has 3 nitrogen and oxygen atoms in total. The maximum atomic E-state index is 5.63. The van der Waals surface area contributed by atoms with Crippen LogP contribution in [-0.2, 0) is 0 Å². The van der Waals surface area contributed by atoms with Gasteiger partial charge in [-0.1, -0.05) is 200 Å². The van der Waals surface area contributed by atoms with Gasteiger partial charge < -0.3 is 0 Å². The number of fused-ring (bicyclic) bond motifs is 3. The Kier molecular flexibility index (Phi) is 8.58. The van der Waals surface area contributed by atoms with Gasteiger partial charge in [0, 0.05) is 46.0 Å². The van der Waals surface area contributed by atoms with Crippen molar-refractivity contribution in [3.8, 4) is 39.6 Å². The average Bonchev–Trinajstić information content (AvgIpc) is 3.62. The van der Waals surface area contributed by atoms with Crippen molar-refractivity contribution in [1.82, 2.24) is 9.97 Å². The second-order valence-corrected chi connectivity index (χ2v) is 18.1. The van der Waals surface area contributed by atoms with Crippen LogP contribution in [0.1, 0.15) is 22.7 Å². The van der Waals surface area contributed by atoms with Crippen molar-refractivity contribution in [2.45, 2.75) is 5.92 Å². The second kappa shape index (κ2) is 14.3. The van der Waals surface area contributed by atoms with Gasteiger partial charge in [0.05, 0.1) is 11.4 Å². The Balaban J connectivity index is 1.32. The van der Waals surface area contributed by atoms with E-state index in [0.29, 0.717) is 5.82 Å². The molecule has 7 aromatic carbocycles. The summed E-state index contributed by atoms with van der Waals surface area (Å²) in [6.07, 6.45) is 2.18. The summed E-state index contributed by atoms with van der Waals surface area (Å²) >= 11 is 0. The van der Waals surface area contributed by atoms with Gasteiger partial charge in [-0.2, -0.15) is 4.57 Å². The molecule has 264 valence electrons. The molecule has 0 fully saturated rings. The van der Waals surface area contributed by atoms with Crippen molar-refractivity contribution in [3.63, 3.8) is 0 Å². The van der Waals surface area contributed by atoms with E-state index in [9.17, 15) is 0 Å². The quantitative estimate of drug-likeness (QED) is 0.0890. The number of rotatable bonds is 8. The Morgan fingerprint density at radius 3 is 1.46 bits per heavy atom. The fourth-order valence-electron chi connectivity index (χ4n) is 8.78. The van der Waals surface area contributed by atoms with Crippen molar-refractivity contribution in [2.75, 3.05) is 0 Å². The van der Waals surface area contributed by atoms with Crippen LogP contribution in [0.5, 0.6) is 0 Å². The van der Waals surface area contributed by atoms with Crippen molar-refractivity contribution in [2.24, 2.45) is 0 Å². The molecule has 10 rings (SSSR count). The molecule has 1 atom stereocenters. The van der Waals surface area contributed by atoms with E-state index in [-0.39, 0.29) is 5.92 Å². The highest BCUT2D eigenvalue weighted by Crippen LogP contribution is 2.45. The van der Waals surface area contributed by atoms with Gasteiger partial charge >= 0.3 is 0 Å². The van der Waals surface area contributed by atoms with Crippen LogP contribution in [0.4, 0.5) is 0 Å². The molecule has 0 amide bonds. The van der Waals surface area contributed by atoms with Gasteiger partial charge in [-0.25, -0.2) is 9.97 Å². The minimum absolute atomic E-state index is 0.106. The van der Waals surface area contributed by atoms with Crippen LogP contribution in [0.2, 0.25) is 0 Å². The van der Waals surface area contributed by atoms with Crippen molar-refractivity contribution in [1.29, 1.82) is 0 Å². The highest BCUT2D eigenvalue weighted by atomic mass is 28.3. The second-order valence-electron chi connectivity index (χ2n) is 14.3. The Bertz CT molecular complexity index is 2650. The first kappa shape index (κ1) is 33.5. The maximum absolute atomic E-state index is 5.63. The summed E-state index contributed by atoms with van der Waals surface area (Å²) in [6, 6.07) is 78.9. The molecular weight excluding hydrogens is 695 g/mol. The average molecular weight is 733 g/mol. The van der Waals surface area contributed by atoms with Gasteiger partial charge in [0.15, 0.2) is 25.8 Å². The van der Waals surface area contributed by atoms with E-state index in [1.165, 1.54) is 37.7 Å². The number of nitrogens with zero attached hydrogens (tertiary/aromatic N) is 3. The molecule has 3 heterocycles. The molecule has 0 radical (unpaired) electrons. The monoisotopic (exact) mass is 732 g/mol. The van der Waals surface area contributed by atoms with Gasteiger partial charge in [-0.15, -0.1) is 0 Å². The SMILES string of the molecule is c1ccc(-c2nc(-c3ccccc3)c(C3c4ccccc4-[n+]4ccccc43)c(-c3cccc([Si](c4ccccc4)(c4ccccc4)c4ccccc4)c3)n2)cc1. The summed E-state index contributed by atoms with van der Waals surface area (Å²) in [5.74, 6) is 0.601. The first-order valence-electron chi connectivity index (χ1n) is 19.2. The summed E-state index contributed by atoms with van der Waals surface area (Å²) < 4.78 is 2.33. The number of pyridine rings is 1. The van der Waals surface area contributed by atoms with Gasteiger partial charge in [-0.05, 0) is 20.7 Å². The zero-order chi connectivity index (χ0) is 37.3. The van der Waals surface area contributed by atoms with Crippen LogP contribution in [0.3, 0.4) is 0 Å². The molecule has 0 N–H and O–H groups in total. The van der Waals surface area contributed by atoms with Crippen molar-refractivity contribution < 1.29 is 4.57 Å². The standard InChI is InChI=1S/C52H38N3Si/c1-6-21-38(22-7-1)50-49(48-45-33-16-17-34-46(45)55-36-19-18-35-47(48)55)51(54-52(53-50)39-23-8-2-9-24-39)40-25-20-32-44(37-40)56(41-26-10-3-11-27-41,42-28-12-4-13-29-42)43-30-14-5-15-31-43/h1-37,48H/q+1. The number of aromatic nitrogens is 3. The lowest BCUT2D eigenvalue weighted by atomic mass is 9.84. The zero-order valence-corrected chi connectivity index (χ0v) is 31.8. The van der Waals surface area contributed by atoms with Crippen LogP contribution in [0, 0.1) is 0 Å². The predicted octanol–water partition coefficient (Wildman–Crippen LogP) is 8.63. The summed E-state index contributed by atoms with van der Waals surface area (Å²) in [7, 11) is -2.83. The van der Waals surface area contributed by atoms with E-state index in [2.05, 4.69) is 223 Å². The Morgan fingerprint density at radius 1 is 0.393 bits per heavy atom. The number of hydrogen-bond acceptors (Lipinski definition) is 2. The fourth-order valence-corrected chi connectivity index (χ4v) is 13.6. The summed E-state index contributed by atoms with van der Waals surface area (Å²) in [6.45, 7) is 0. The molecule has 0 saturated heterocycles. The fraction of sp³-hybridized carbons (Fsp3) is 0.0192. The molecular formula is C52H38N3Si+. The zero-order valence-electron chi connectivity index (χ0n) is 30.8. The third-order valence-electron chi connectivity index (χ3n) is 11.2. The molecule has 1 unspecified atom stereocenters. The molecule has 0 aliphatic carbocycles. The molecule has 0 spiro atoms. The van der Waals surface area contributed by atoms with E-state index in [1.54, 1.807) is 0 Å². The molecule has 1 aliphatic rings. The van der Waals surface area contributed by atoms with E-state index in [1.807, 2.05) is 6.07 Å². The van der Waals surface area contributed by atoms with Crippen molar-refractivity contribution in [3.05, 3.63) is 241 Å². The van der Waals surface area contributed by atoms with E-state index in [4.69, 9.17) is 9.97 Å². The highest BCUT2D eigenvalue weighted by Gasteiger charge is 2.43. The van der Waals surface area contributed by atoms with Gasteiger partial charge in [0.25, 0.3) is 0 Å². The number of para-hydroxylation sites is 1. The molecule has 2 aromatic heterocycles. The van der Waals surface area contributed by atoms with E-state index >= 15 is 0 Å². The van der Waals surface area contributed by atoms with Gasteiger partial charge in [0.2, 0.25) is 5.69 Å². The topological polar surface area (TPSA) is 29.7 Å². The molecule has 56 heavy (non-hydrogen) atoms. The molecule has 0 saturated carbocycles. The van der Waals surface area contributed by atoms with Crippen LogP contribution >= 0.6 is 0 Å². The lowest BCUT2D eigenvalue weighted by Gasteiger charge is -2.34. The molecule has 4 heteroatoms. The van der Waals surface area contributed by atoms with Crippen LogP contribution in [0.25, 0.3) is 39.6 Å². The third-order valence-corrected chi connectivity index (χ3v) is 16.0. The molecule has 1 aliphatic heterocycles. The Hall–Kier alpha value is -7.01. The third kappa shape index (κ3) is 5.62. The predicted molar refractivity (Wildman–Crippen MR) is 231 cm³/mol. The first-order valence-corrected chi connectivity index (χ1v) is 21.2. The molecule has 9 aromatic rings. The lowest BCUT2D eigenvalue weighted by molar-refractivity contribution is -0.598. The highest BCUT2D eigenvalue weighted by molar-refractivity contribution is 7.19. The van der Waals surface area contributed by atoms with Gasteiger partial charge in [-0.3, -0.25) is 0 Å². The largest absolute Gasteiger partial charge is 0.228 e. The van der Waals surface area contributed by atoms with Crippen LogP contribution in [-0.4, -0.2) is 18.0 Å². The number of benzene rings is 7. The summed E-state index contributed by atoms with van der Waals surface area (Å²) in [5.41, 5.74) is 9.72. The van der Waals surface area contributed by atoms with Crippen molar-refractivity contribution >= 4 is 28.8 Å². The smallest absolute Gasteiger partial charge is 0.215 e. The minimum atomic E-state index is -2.83. The minimum Gasteiger partial charge on any atom is -0.228 e. The summed E-state index contributed by atoms with van der Waals surface area (Å²) in [5, 5.41) is 5.31. The van der Waals surface area contributed by atoms with Crippen LogP contribution < -0.4 is 25.3 Å². The normalized spacial score (nSPS) is 13.2. The van der Waals surface area contributed by atoms with Crippen LogP contribution in [0.15, 0.2) is 225 Å².